The zero-order valence-corrected chi connectivity index (χ0v) is 17.7. The van der Waals surface area contributed by atoms with Crippen molar-refractivity contribution in [1.82, 2.24) is 0 Å². The maximum Gasteiger partial charge on any atom is -0.00457 e. The van der Waals surface area contributed by atoms with Crippen LogP contribution in [-0.4, -0.2) is 6.54 Å². The second-order valence-electron chi connectivity index (χ2n) is 8.03. The molecule has 1 heteroatoms. The van der Waals surface area contributed by atoms with Crippen LogP contribution in [0.5, 0.6) is 0 Å². The first-order valence-electron chi connectivity index (χ1n) is 11.9. The molecule has 0 bridgehead atoms. The van der Waals surface area contributed by atoms with E-state index in [2.05, 4.69) is 13.3 Å². The Hall–Kier alpha value is -0.0400. The molecule has 25 heavy (non-hydrogen) atoms. The van der Waals surface area contributed by atoms with Crippen molar-refractivity contribution in [3.63, 3.8) is 0 Å². The van der Waals surface area contributed by atoms with Gasteiger partial charge in [0.1, 0.15) is 0 Å². The molecule has 0 aromatic carbocycles. The van der Waals surface area contributed by atoms with Gasteiger partial charge in [0, 0.05) is 0 Å². The highest BCUT2D eigenvalue weighted by Gasteiger charge is 1.95. The van der Waals surface area contributed by atoms with Gasteiger partial charge in [-0.05, 0) is 19.4 Å². The Labute approximate surface area is 160 Å². The Bertz CT molecular complexity index is 192. The lowest BCUT2D eigenvalue weighted by Crippen LogP contribution is -1.98. The average Bonchev–Trinajstić information content (AvgIpc) is 2.63. The van der Waals surface area contributed by atoms with E-state index in [4.69, 9.17) is 5.73 Å². The molecule has 1 nitrogen and oxygen atoms in total. The summed E-state index contributed by atoms with van der Waals surface area (Å²) in [5.74, 6) is 0. The molecule has 0 spiro atoms. The molecule has 1 radical (unpaired) electrons. The van der Waals surface area contributed by atoms with Crippen molar-refractivity contribution >= 4 is 0 Å². The van der Waals surface area contributed by atoms with Crippen molar-refractivity contribution in [3.05, 3.63) is 6.42 Å². The van der Waals surface area contributed by atoms with E-state index in [0.29, 0.717) is 0 Å². The van der Waals surface area contributed by atoms with Gasteiger partial charge in [0.05, 0.1) is 0 Å². The summed E-state index contributed by atoms with van der Waals surface area (Å²) in [6.45, 7) is 3.05. The Morgan fingerprint density at radius 3 is 1.00 bits per heavy atom. The number of rotatable bonds is 22. The SMILES string of the molecule is CCCCCCCCCCCCCCCCCCCCCC[CH]CN. The second-order valence-corrected chi connectivity index (χ2v) is 8.03. The van der Waals surface area contributed by atoms with Crippen LogP contribution in [0.2, 0.25) is 0 Å². The van der Waals surface area contributed by atoms with Gasteiger partial charge in [-0.3, -0.25) is 0 Å². The zero-order chi connectivity index (χ0) is 18.3. The molecule has 0 saturated heterocycles. The summed E-state index contributed by atoms with van der Waals surface area (Å²) in [6, 6.07) is 0. The monoisotopic (exact) mass is 352 g/mol. The molecule has 0 heterocycles. The van der Waals surface area contributed by atoms with Crippen molar-refractivity contribution in [2.24, 2.45) is 5.73 Å². The van der Waals surface area contributed by atoms with Crippen LogP contribution < -0.4 is 5.73 Å². The minimum atomic E-state index is 0.749. The van der Waals surface area contributed by atoms with Crippen molar-refractivity contribution in [3.8, 4) is 0 Å². The molecule has 0 unspecified atom stereocenters. The quantitative estimate of drug-likeness (QED) is 0.195. The number of unbranched alkanes of at least 4 members (excludes halogenated alkanes) is 21. The molecule has 0 aliphatic heterocycles. The van der Waals surface area contributed by atoms with Crippen molar-refractivity contribution < 1.29 is 0 Å². The van der Waals surface area contributed by atoms with Crippen LogP contribution in [0.25, 0.3) is 0 Å². The maximum atomic E-state index is 5.46. The first kappa shape index (κ1) is 25.0. The fourth-order valence-electron chi connectivity index (χ4n) is 3.66. The third-order valence-corrected chi connectivity index (χ3v) is 5.43. The average molecular weight is 353 g/mol. The highest BCUT2D eigenvalue weighted by molar-refractivity contribution is 4.64. The smallest absolute Gasteiger partial charge is 0.00457 e. The van der Waals surface area contributed by atoms with Gasteiger partial charge in [0.15, 0.2) is 0 Å². The molecule has 2 N–H and O–H groups in total. The predicted molar refractivity (Wildman–Crippen MR) is 116 cm³/mol. The van der Waals surface area contributed by atoms with Crippen molar-refractivity contribution in [2.75, 3.05) is 6.54 Å². The van der Waals surface area contributed by atoms with Gasteiger partial charge < -0.3 is 5.73 Å². The fourth-order valence-corrected chi connectivity index (χ4v) is 3.66. The largest absolute Gasteiger partial charge is 0.330 e. The first-order chi connectivity index (χ1) is 12.4. The molecular formula is C24H50N. The lowest BCUT2D eigenvalue weighted by molar-refractivity contribution is 0.521. The molecule has 0 fully saturated rings. The fraction of sp³-hybridized carbons (Fsp3) is 0.958. The minimum absolute atomic E-state index is 0.749. The summed E-state index contributed by atoms with van der Waals surface area (Å²) in [7, 11) is 0. The molecule has 151 valence electrons. The summed E-state index contributed by atoms with van der Waals surface area (Å²) in [4.78, 5) is 0. The van der Waals surface area contributed by atoms with Crippen molar-refractivity contribution in [1.29, 1.82) is 0 Å². The normalized spacial score (nSPS) is 11.3. The third-order valence-electron chi connectivity index (χ3n) is 5.43. The predicted octanol–water partition coefficient (Wildman–Crippen LogP) is 8.36. The van der Waals surface area contributed by atoms with E-state index in [1.807, 2.05) is 0 Å². The van der Waals surface area contributed by atoms with Crippen LogP contribution in [-0.2, 0) is 0 Å². The highest BCUT2D eigenvalue weighted by Crippen LogP contribution is 2.15. The Balaban J connectivity index is 2.94. The summed E-state index contributed by atoms with van der Waals surface area (Å²) in [5.41, 5.74) is 5.46. The second kappa shape index (κ2) is 24.0. The summed E-state index contributed by atoms with van der Waals surface area (Å²) in [6.07, 6.45) is 32.5. The standard InChI is InChI=1S/C24H50N/c1-2-3-4-5-6-7-8-9-10-11-12-13-14-15-16-17-18-19-20-21-22-23-24-25/h23H,2-22,24-25H2,1H3. The highest BCUT2D eigenvalue weighted by atomic mass is 14.5. The Morgan fingerprint density at radius 1 is 0.440 bits per heavy atom. The number of nitrogens with two attached hydrogens (primary N) is 1. The van der Waals surface area contributed by atoms with Gasteiger partial charge in [-0.2, -0.15) is 0 Å². The first-order valence-corrected chi connectivity index (χ1v) is 11.9. The van der Waals surface area contributed by atoms with Gasteiger partial charge >= 0.3 is 0 Å². The molecule has 0 aliphatic rings. The van der Waals surface area contributed by atoms with E-state index in [0.717, 1.165) is 6.54 Å². The topological polar surface area (TPSA) is 26.0 Å². The van der Waals surface area contributed by atoms with E-state index in [1.54, 1.807) is 0 Å². The summed E-state index contributed by atoms with van der Waals surface area (Å²) >= 11 is 0. The van der Waals surface area contributed by atoms with Gasteiger partial charge in [0.2, 0.25) is 0 Å². The Kier molecular flexibility index (Phi) is 23.9. The van der Waals surface area contributed by atoms with Gasteiger partial charge in [-0.25, -0.2) is 0 Å². The molecular weight excluding hydrogens is 302 g/mol. The lowest BCUT2D eigenvalue weighted by Gasteiger charge is -2.04. The van der Waals surface area contributed by atoms with Crippen molar-refractivity contribution in [2.45, 2.75) is 142 Å². The van der Waals surface area contributed by atoms with E-state index < -0.39 is 0 Å². The Morgan fingerprint density at radius 2 is 0.720 bits per heavy atom. The number of hydrogen-bond donors (Lipinski definition) is 1. The van der Waals surface area contributed by atoms with E-state index in [9.17, 15) is 0 Å². The molecule has 0 atom stereocenters. The molecule has 0 aliphatic carbocycles. The zero-order valence-electron chi connectivity index (χ0n) is 17.7. The molecule has 0 rings (SSSR count). The van der Waals surface area contributed by atoms with E-state index >= 15 is 0 Å². The van der Waals surface area contributed by atoms with Gasteiger partial charge in [0.25, 0.3) is 0 Å². The molecule has 0 amide bonds. The van der Waals surface area contributed by atoms with Crippen LogP contribution >= 0.6 is 0 Å². The number of hydrogen-bond acceptors (Lipinski definition) is 1. The van der Waals surface area contributed by atoms with Crippen LogP contribution in [0.3, 0.4) is 0 Å². The van der Waals surface area contributed by atoms with E-state index in [-0.39, 0.29) is 0 Å². The molecule has 0 aromatic rings. The van der Waals surface area contributed by atoms with E-state index in [1.165, 1.54) is 135 Å². The van der Waals surface area contributed by atoms with Gasteiger partial charge in [-0.1, -0.05) is 135 Å². The minimum Gasteiger partial charge on any atom is -0.330 e. The third kappa shape index (κ3) is 24.0. The maximum absolute atomic E-state index is 5.46. The molecule has 0 aromatic heterocycles. The summed E-state index contributed by atoms with van der Waals surface area (Å²) < 4.78 is 0. The lowest BCUT2D eigenvalue weighted by atomic mass is 10.0. The van der Waals surface area contributed by atoms with Crippen LogP contribution in [0.1, 0.15) is 142 Å². The van der Waals surface area contributed by atoms with Crippen LogP contribution in [0, 0.1) is 6.42 Å². The van der Waals surface area contributed by atoms with Gasteiger partial charge in [-0.15, -0.1) is 0 Å². The van der Waals surface area contributed by atoms with Crippen LogP contribution in [0.4, 0.5) is 0 Å². The van der Waals surface area contributed by atoms with Crippen LogP contribution in [0.15, 0.2) is 0 Å². The molecule has 0 saturated carbocycles. The summed E-state index contributed by atoms with van der Waals surface area (Å²) in [5, 5.41) is 0.